The van der Waals surface area contributed by atoms with Crippen molar-refractivity contribution in [1.82, 2.24) is 15.2 Å². The summed E-state index contributed by atoms with van der Waals surface area (Å²) >= 11 is 0. The van der Waals surface area contributed by atoms with Gasteiger partial charge in [-0.15, -0.1) is 0 Å². The van der Waals surface area contributed by atoms with Crippen molar-refractivity contribution >= 4 is 12.0 Å². The average molecular weight is 345 g/mol. The summed E-state index contributed by atoms with van der Waals surface area (Å²) in [7, 11) is 0. The number of nitrogens with zero attached hydrogens (tertiary/aromatic N) is 2. The van der Waals surface area contributed by atoms with Gasteiger partial charge in [-0.1, -0.05) is 0 Å². The fourth-order valence-electron chi connectivity index (χ4n) is 2.74. The van der Waals surface area contributed by atoms with Crippen molar-refractivity contribution in [3.63, 3.8) is 0 Å². The molecule has 1 saturated heterocycles. The number of carboxylic acid groups (broad SMARTS) is 1. The zero-order valence-electron chi connectivity index (χ0n) is 13.2. The molecule has 0 aromatic carbocycles. The van der Waals surface area contributed by atoms with Crippen LogP contribution in [0, 0.1) is 25.7 Å². The van der Waals surface area contributed by atoms with Crippen LogP contribution in [0.15, 0.2) is 12.3 Å². The molecule has 0 unspecified atom stereocenters. The summed E-state index contributed by atoms with van der Waals surface area (Å²) in [5.41, 5.74) is 2.47. The zero-order valence-corrected chi connectivity index (χ0v) is 13.2. The molecule has 6 nitrogen and oxygen atoms in total. The molecule has 0 spiro atoms. The fraction of sp³-hybridized carbons (Fsp3) is 0.533. The molecule has 1 aliphatic rings. The van der Waals surface area contributed by atoms with Crippen LogP contribution in [0.3, 0.4) is 0 Å². The lowest BCUT2D eigenvalue weighted by atomic mass is 9.96. The van der Waals surface area contributed by atoms with Gasteiger partial charge in [0.25, 0.3) is 0 Å². The van der Waals surface area contributed by atoms with Crippen molar-refractivity contribution in [3.8, 4) is 0 Å². The lowest BCUT2D eigenvalue weighted by Crippen LogP contribution is -2.39. The van der Waals surface area contributed by atoms with Crippen LogP contribution in [0.25, 0.3) is 0 Å². The largest absolute Gasteiger partial charge is 0.481 e. The van der Waals surface area contributed by atoms with E-state index in [4.69, 9.17) is 5.11 Å². The van der Waals surface area contributed by atoms with E-state index in [0.29, 0.717) is 0 Å². The minimum atomic E-state index is -4.66. The second-order valence-corrected chi connectivity index (χ2v) is 5.91. The third-order valence-electron chi connectivity index (χ3n) is 4.13. The standard InChI is InChI=1S/C15H18F3N3O3/c1-8-3-9(2)19-4-10(8)5-20-14(24)21-6-11(13(22)23)12(7-21)15(16,17)18/h3-4,11-12H,5-7H2,1-2H3,(H,20,24)(H,22,23)/t11-,12-/m1/s1. The predicted octanol–water partition coefficient (Wildman–Crippen LogP) is 2.10. The summed E-state index contributed by atoms with van der Waals surface area (Å²) in [5, 5.41) is 11.5. The van der Waals surface area contributed by atoms with Crippen LogP contribution in [0.4, 0.5) is 18.0 Å². The van der Waals surface area contributed by atoms with Gasteiger partial charge in [0.05, 0.1) is 11.8 Å². The number of carboxylic acids is 1. The summed E-state index contributed by atoms with van der Waals surface area (Å²) < 4.78 is 38.8. The van der Waals surface area contributed by atoms with E-state index in [-0.39, 0.29) is 6.54 Å². The van der Waals surface area contributed by atoms with Gasteiger partial charge in [0, 0.05) is 31.5 Å². The van der Waals surface area contributed by atoms with Crippen LogP contribution >= 0.6 is 0 Å². The number of aromatic nitrogens is 1. The normalized spacial score (nSPS) is 21.0. The van der Waals surface area contributed by atoms with E-state index >= 15 is 0 Å². The number of carbonyl (C=O) groups is 2. The van der Waals surface area contributed by atoms with Gasteiger partial charge >= 0.3 is 18.2 Å². The molecule has 2 rings (SSSR count). The quantitative estimate of drug-likeness (QED) is 0.879. The van der Waals surface area contributed by atoms with Crippen LogP contribution in [0.5, 0.6) is 0 Å². The summed E-state index contributed by atoms with van der Waals surface area (Å²) in [5.74, 6) is -5.24. The first-order valence-corrected chi connectivity index (χ1v) is 7.34. The SMILES string of the molecule is Cc1cc(C)c(CNC(=O)N2C[C@@H](C(F)(F)F)[C@H](C(=O)O)C2)cn1. The zero-order chi connectivity index (χ0) is 18.1. The number of pyridine rings is 1. The van der Waals surface area contributed by atoms with Crippen molar-refractivity contribution < 1.29 is 27.9 Å². The maximum Gasteiger partial charge on any atom is 0.394 e. The van der Waals surface area contributed by atoms with E-state index in [1.165, 1.54) is 0 Å². The molecule has 0 aliphatic carbocycles. The Balaban J connectivity index is 2.01. The smallest absolute Gasteiger partial charge is 0.394 e. The van der Waals surface area contributed by atoms with Crippen LogP contribution in [-0.2, 0) is 11.3 Å². The number of nitrogens with one attached hydrogen (secondary N) is 1. The van der Waals surface area contributed by atoms with Crippen LogP contribution in [0.1, 0.15) is 16.8 Å². The van der Waals surface area contributed by atoms with E-state index in [9.17, 15) is 22.8 Å². The van der Waals surface area contributed by atoms with Gasteiger partial charge in [0.1, 0.15) is 0 Å². The Kier molecular flexibility index (Phi) is 5.00. The molecule has 24 heavy (non-hydrogen) atoms. The van der Waals surface area contributed by atoms with Crippen molar-refractivity contribution in [3.05, 3.63) is 29.1 Å². The maximum absolute atomic E-state index is 12.9. The number of hydrogen-bond donors (Lipinski definition) is 2. The predicted molar refractivity (Wildman–Crippen MR) is 78.2 cm³/mol. The summed E-state index contributed by atoms with van der Waals surface area (Å²) in [6.07, 6.45) is -3.07. The van der Waals surface area contributed by atoms with Gasteiger partial charge in [0.2, 0.25) is 0 Å². The van der Waals surface area contributed by atoms with Crippen molar-refractivity contribution in [2.45, 2.75) is 26.6 Å². The number of rotatable bonds is 3. The Morgan fingerprint density at radius 3 is 2.54 bits per heavy atom. The lowest BCUT2D eigenvalue weighted by Gasteiger charge is -2.19. The third-order valence-corrected chi connectivity index (χ3v) is 4.13. The van der Waals surface area contributed by atoms with E-state index in [2.05, 4.69) is 10.3 Å². The number of likely N-dealkylation sites (tertiary alicyclic amines) is 1. The fourth-order valence-corrected chi connectivity index (χ4v) is 2.74. The molecule has 1 aromatic heterocycles. The Labute approximate surface area is 136 Å². The summed E-state index contributed by atoms with van der Waals surface area (Å²) in [6.45, 7) is 2.66. The van der Waals surface area contributed by atoms with Gasteiger partial charge in [-0.05, 0) is 31.0 Å². The molecule has 132 valence electrons. The highest BCUT2D eigenvalue weighted by atomic mass is 19.4. The van der Waals surface area contributed by atoms with Gasteiger partial charge in [-0.3, -0.25) is 9.78 Å². The first kappa shape index (κ1) is 18.0. The number of hydrogen-bond acceptors (Lipinski definition) is 3. The number of aryl methyl sites for hydroxylation is 2. The third kappa shape index (κ3) is 3.95. The monoisotopic (exact) mass is 345 g/mol. The van der Waals surface area contributed by atoms with Crippen LogP contribution < -0.4 is 5.32 Å². The molecule has 1 aromatic rings. The highest BCUT2D eigenvalue weighted by molar-refractivity contribution is 5.77. The lowest BCUT2D eigenvalue weighted by molar-refractivity contribution is -0.187. The molecule has 2 amide bonds. The van der Waals surface area contributed by atoms with E-state index in [0.717, 1.165) is 21.7 Å². The second-order valence-electron chi connectivity index (χ2n) is 5.91. The summed E-state index contributed by atoms with van der Waals surface area (Å²) in [4.78, 5) is 28.1. The second kappa shape index (κ2) is 6.66. The Morgan fingerprint density at radius 1 is 1.38 bits per heavy atom. The number of halogens is 3. The molecular formula is C15H18F3N3O3. The van der Waals surface area contributed by atoms with Gasteiger partial charge < -0.3 is 15.3 Å². The Bertz CT molecular complexity index is 649. The molecule has 0 saturated carbocycles. The maximum atomic E-state index is 12.9. The molecular weight excluding hydrogens is 327 g/mol. The number of alkyl halides is 3. The minimum absolute atomic E-state index is 0.114. The number of carbonyl (C=O) groups excluding carboxylic acids is 1. The number of amides is 2. The molecule has 0 bridgehead atoms. The molecule has 2 N–H and O–H groups in total. The average Bonchev–Trinajstić information content (AvgIpc) is 2.91. The van der Waals surface area contributed by atoms with Crippen LogP contribution in [-0.4, -0.2) is 46.3 Å². The first-order valence-electron chi connectivity index (χ1n) is 7.34. The topological polar surface area (TPSA) is 82.5 Å². The first-order chi connectivity index (χ1) is 11.1. The molecule has 1 fully saturated rings. The highest BCUT2D eigenvalue weighted by Gasteiger charge is 2.53. The van der Waals surface area contributed by atoms with Gasteiger partial charge in [0.15, 0.2) is 0 Å². The Morgan fingerprint density at radius 2 is 2.04 bits per heavy atom. The minimum Gasteiger partial charge on any atom is -0.481 e. The molecule has 2 heterocycles. The van der Waals surface area contributed by atoms with Gasteiger partial charge in [-0.25, -0.2) is 4.79 Å². The van der Waals surface area contributed by atoms with Crippen molar-refractivity contribution in [2.24, 2.45) is 11.8 Å². The van der Waals surface area contributed by atoms with Crippen molar-refractivity contribution in [2.75, 3.05) is 13.1 Å². The number of aliphatic carboxylic acids is 1. The molecule has 1 aliphatic heterocycles. The highest BCUT2D eigenvalue weighted by Crippen LogP contribution is 2.37. The van der Waals surface area contributed by atoms with E-state index < -0.39 is 43.1 Å². The Hall–Kier alpha value is -2.32. The van der Waals surface area contributed by atoms with Gasteiger partial charge in [-0.2, -0.15) is 13.2 Å². The van der Waals surface area contributed by atoms with E-state index in [1.54, 1.807) is 6.20 Å². The van der Waals surface area contributed by atoms with Crippen LogP contribution in [0.2, 0.25) is 0 Å². The summed E-state index contributed by atoms with van der Waals surface area (Å²) in [6, 6.07) is 1.12. The number of urea groups is 1. The van der Waals surface area contributed by atoms with E-state index in [1.807, 2.05) is 19.9 Å². The molecule has 0 radical (unpaired) electrons. The van der Waals surface area contributed by atoms with Crippen molar-refractivity contribution in [1.29, 1.82) is 0 Å². The molecule has 9 heteroatoms. The molecule has 2 atom stereocenters.